The van der Waals surface area contributed by atoms with Crippen molar-refractivity contribution in [2.24, 2.45) is 0 Å². The zero-order valence-corrected chi connectivity index (χ0v) is 17.8. The van der Waals surface area contributed by atoms with Gasteiger partial charge in [0.05, 0.1) is 16.6 Å². The summed E-state index contributed by atoms with van der Waals surface area (Å²) in [4.78, 5) is 23.0. The van der Waals surface area contributed by atoms with Gasteiger partial charge in [-0.1, -0.05) is 35.1 Å². The molecule has 0 bridgehead atoms. The molecule has 0 radical (unpaired) electrons. The molecule has 1 aliphatic rings. The molecule has 0 saturated carbocycles. The lowest BCUT2D eigenvalue weighted by Gasteiger charge is -2.13. The average molecular weight is 436 g/mol. The maximum atomic E-state index is 11.6. The van der Waals surface area contributed by atoms with Gasteiger partial charge in [0.25, 0.3) is 0 Å². The van der Waals surface area contributed by atoms with Crippen molar-refractivity contribution in [2.45, 2.75) is 26.4 Å². The van der Waals surface area contributed by atoms with Crippen molar-refractivity contribution in [2.75, 3.05) is 4.90 Å². The summed E-state index contributed by atoms with van der Waals surface area (Å²) in [7, 11) is 0. The number of hydrogen-bond donors (Lipinski definition) is 1. The number of halogens is 1. The summed E-state index contributed by atoms with van der Waals surface area (Å²) in [5.41, 5.74) is 7.02. The molecule has 0 unspecified atom stereocenters. The number of rotatable bonds is 4. The summed E-state index contributed by atoms with van der Waals surface area (Å²) in [6.45, 7) is 3.53. The van der Waals surface area contributed by atoms with Crippen LogP contribution in [0.25, 0.3) is 21.3 Å². The number of benzene rings is 2. The number of anilines is 1. The van der Waals surface area contributed by atoms with Crippen molar-refractivity contribution >= 4 is 44.3 Å². The highest BCUT2D eigenvalue weighted by Crippen LogP contribution is 2.42. The Morgan fingerprint density at radius 3 is 2.70 bits per heavy atom. The second-order valence-electron chi connectivity index (χ2n) is 7.47. The maximum Gasteiger partial charge on any atom is 0.307 e. The zero-order valence-electron chi connectivity index (χ0n) is 16.2. The molecule has 4 aromatic rings. The lowest BCUT2D eigenvalue weighted by molar-refractivity contribution is -0.136. The highest BCUT2D eigenvalue weighted by molar-refractivity contribution is 7.22. The van der Waals surface area contributed by atoms with E-state index in [9.17, 15) is 9.90 Å². The molecule has 150 valence electrons. The van der Waals surface area contributed by atoms with Gasteiger partial charge in [-0.3, -0.25) is 9.78 Å². The second-order valence-corrected chi connectivity index (χ2v) is 8.88. The molecule has 2 aromatic carbocycles. The number of aryl methyl sites for hydroxylation is 1. The smallest absolute Gasteiger partial charge is 0.307 e. The molecule has 3 heterocycles. The van der Waals surface area contributed by atoms with Crippen molar-refractivity contribution in [3.05, 3.63) is 76.1 Å². The first-order valence-corrected chi connectivity index (χ1v) is 10.8. The predicted octanol–water partition coefficient (Wildman–Crippen LogP) is 5.47. The normalized spacial score (nSPS) is 13.1. The number of nitrogens with zero attached hydrogens (tertiary/aromatic N) is 3. The third-order valence-corrected chi connectivity index (χ3v) is 6.86. The van der Waals surface area contributed by atoms with E-state index in [-0.39, 0.29) is 6.42 Å². The number of carbonyl (C=O) groups is 1. The first kappa shape index (κ1) is 19.0. The van der Waals surface area contributed by atoms with Gasteiger partial charge >= 0.3 is 5.97 Å². The molecular formula is C23H18ClN3O2S. The van der Waals surface area contributed by atoms with Crippen LogP contribution >= 0.6 is 22.9 Å². The molecule has 2 aromatic heterocycles. The largest absolute Gasteiger partial charge is 0.481 e. The fourth-order valence-electron chi connectivity index (χ4n) is 4.01. The predicted molar refractivity (Wildman–Crippen MR) is 120 cm³/mol. The van der Waals surface area contributed by atoms with E-state index in [4.69, 9.17) is 16.6 Å². The Bertz CT molecular complexity index is 1260. The third kappa shape index (κ3) is 3.32. The van der Waals surface area contributed by atoms with Crippen molar-refractivity contribution < 1.29 is 9.90 Å². The first-order valence-electron chi connectivity index (χ1n) is 9.57. The van der Waals surface area contributed by atoms with E-state index in [1.165, 1.54) is 11.1 Å². The van der Waals surface area contributed by atoms with E-state index < -0.39 is 5.97 Å². The minimum atomic E-state index is -0.847. The van der Waals surface area contributed by atoms with Gasteiger partial charge in [0.2, 0.25) is 0 Å². The van der Waals surface area contributed by atoms with Gasteiger partial charge in [0, 0.05) is 36.1 Å². The summed E-state index contributed by atoms with van der Waals surface area (Å²) in [6, 6.07) is 11.6. The van der Waals surface area contributed by atoms with Crippen molar-refractivity contribution in [3.8, 4) is 11.1 Å². The van der Waals surface area contributed by atoms with Crippen LogP contribution in [-0.2, 0) is 24.3 Å². The van der Waals surface area contributed by atoms with Gasteiger partial charge in [0.15, 0.2) is 5.13 Å². The molecule has 0 saturated heterocycles. The van der Waals surface area contributed by atoms with Crippen molar-refractivity contribution in [1.29, 1.82) is 0 Å². The van der Waals surface area contributed by atoms with Crippen LogP contribution in [0.4, 0.5) is 5.13 Å². The van der Waals surface area contributed by atoms with E-state index in [0.29, 0.717) is 5.02 Å². The van der Waals surface area contributed by atoms with Gasteiger partial charge < -0.3 is 10.0 Å². The molecule has 0 spiro atoms. The van der Waals surface area contributed by atoms with E-state index in [1.54, 1.807) is 11.3 Å². The number of aromatic nitrogens is 2. The minimum absolute atomic E-state index is 0.0339. The topological polar surface area (TPSA) is 66.3 Å². The molecule has 5 rings (SSSR count). The zero-order chi connectivity index (χ0) is 20.8. The average Bonchev–Trinajstić information content (AvgIpc) is 3.33. The monoisotopic (exact) mass is 435 g/mol. The summed E-state index contributed by atoms with van der Waals surface area (Å²) < 4.78 is 1.00. The quantitative estimate of drug-likeness (QED) is 0.460. The summed E-state index contributed by atoms with van der Waals surface area (Å²) in [6.07, 6.45) is 3.70. The highest BCUT2D eigenvalue weighted by Gasteiger charge is 2.24. The highest BCUT2D eigenvalue weighted by atomic mass is 35.5. The third-order valence-electron chi connectivity index (χ3n) is 5.46. The molecule has 5 nitrogen and oxygen atoms in total. The Kier molecular flexibility index (Phi) is 4.68. The molecule has 0 aliphatic carbocycles. The number of carboxylic acid groups (broad SMARTS) is 1. The molecule has 0 fully saturated rings. The summed E-state index contributed by atoms with van der Waals surface area (Å²) in [5.74, 6) is -0.847. The number of carboxylic acids is 1. The Labute approximate surface area is 182 Å². The van der Waals surface area contributed by atoms with E-state index in [2.05, 4.69) is 16.0 Å². The van der Waals surface area contributed by atoms with Crippen LogP contribution in [0.15, 0.2) is 48.8 Å². The molecule has 1 aliphatic heterocycles. The van der Waals surface area contributed by atoms with Crippen molar-refractivity contribution in [3.63, 3.8) is 0 Å². The second kappa shape index (κ2) is 7.38. The molecule has 1 N–H and O–H groups in total. The van der Waals surface area contributed by atoms with Gasteiger partial charge in [-0.05, 0) is 59.0 Å². The van der Waals surface area contributed by atoms with Gasteiger partial charge in [-0.15, -0.1) is 0 Å². The van der Waals surface area contributed by atoms with E-state index in [1.807, 2.05) is 49.6 Å². The van der Waals surface area contributed by atoms with Crippen LogP contribution in [0, 0.1) is 6.92 Å². The van der Waals surface area contributed by atoms with E-state index in [0.717, 1.165) is 50.7 Å². The van der Waals surface area contributed by atoms with Crippen LogP contribution in [0.1, 0.15) is 22.3 Å². The van der Waals surface area contributed by atoms with Gasteiger partial charge in [-0.25, -0.2) is 4.98 Å². The lowest BCUT2D eigenvalue weighted by Crippen LogP contribution is -2.13. The van der Waals surface area contributed by atoms with Crippen molar-refractivity contribution in [1.82, 2.24) is 9.97 Å². The van der Waals surface area contributed by atoms with Crippen LogP contribution in [-0.4, -0.2) is 21.0 Å². The van der Waals surface area contributed by atoms with Crippen LogP contribution in [0.5, 0.6) is 0 Å². The number of hydrogen-bond acceptors (Lipinski definition) is 5. The van der Waals surface area contributed by atoms with Crippen LogP contribution in [0.2, 0.25) is 5.02 Å². The fraction of sp³-hybridized carbons (Fsp3) is 0.174. The summed E-state index contributed by atoms with van der Waals surface area (Å²) >= 11 is 7.70. The lowest BCUT2D eigenvalue weighted by atomic mass is 9.93. The molecule has 7 heteroatoms. The number of pyridine rings is 1. The SMILES string of the molecule is Cc1cc2nc(N3Cc4ccncc4C3)sc2c(-c2ccc(Cl)cc2)c1CC(=O)O. The maximum absolute atomic E-state index is 11.6. The van der Waals surface area contributed by atoms with Gasteiger partial charge in [-0.2, -0.15) is 0 Å². The Balaban J connectivity index is 1.67. The Morgan fingerprint density at radius 1 is 1.20 bits per heavy atom. The van der Waals surface area contributed by atoms with Crippen LogP contribution in [0.3, 0.4) is 0 Å². The molecule has 30 heavy (non-hydrogen) atoms. The molecule has 0 atom stereocenters. The number of fused-ring (bicyclic) bond motifs is 2. The Morgan fingerprint density at radius 2 is 1.97 bits per heavy atom. The molecule has 0 amide bonds. The fourth-order valence-corrected chi connectivity index (χ4v) is 5.28. The first-order chi connectivity index (χ1) is 14.5. The minimum Gasteiger partial charge on any atom is -0.481 e. The van der Waals surface area contributed by atoms with Crippen LogP contribution < -0.4 is 4.90 Å². The summed E-state index contributed by atoms with van der Waals surface area (Å²) in [5, 5.41) is 11.1. The number of thiazole rings is 1. The number of aliphatic carboxylic acids is 1. The molecular weight excluding hydrogens is 418 g/mol. The standard InChI is InChI=1S/C23H18ClN3O2S/c1-13-8-19-22(21(18(13)9-20(28)29)14-2-4-17(24)5-3-14)30-23(26-19)27-11-15-6-7-25-10-16(15)12-27/h2-8,10H,9,11-12H2,1H3,(H,28,29). The Hall–Kier alpha value is -2.96. The van der Waals surface area contributed by atoms with E-state index >= 15 is 0 Å². The van der Waals surface area contributed by atoms with Gasteiger partial charge in [0.1, 0.15) is 0 Å².